The maximum Gasteiger partial charge on any atom is 0.248 e. The minimum absolute atomic E-state index is 0.0242. The van der Waals surface area contributed by atoms with Crippen molar-refractivity contribution < 1.29 is 4.79 Å². The molecule has 0 aromatic heterocycles. The summed E-state index contributed by atoms with van der Waals surface area (Å²) in [6.45, 7) is 2.15. The molecular formula is C8H14N2OS. The van der Waals surface area contributed by atoms with E-state index < -0.39 is 0 Å². The number of hydrogen-bond donors (Lipinski definition) is 2. The Morgan fingerprint density at radius 2 is 2.25 bits per heavy atom. The topological polar surface area (TPSA) is 41.1 Å². The molecule has 1 rings (SSSR count). The van der Waals surface area contributed by atoms with Crippen molar-refractivity contribution in [2.75, 3.05) is 0 Å². The van der Waals surface area contributed by atoms with Crippen LogP contribution in [0.1, 0.15) is 32.6 Å². The summed E-state index contributed by atoms with van der Waals surface area (Å²) in [7, 11) is 0. The molecule has 3 nitrogen and oxygen atoms in total. The molecule has 1 unspecified atom stereocenters. The number of carbonyl (C=O) groups is 1. The first kappa shape index (κ1) is 9.45. The van der Waals surface area contributed by atoms with Gasteiger partial charge in [0.2, 0.25) is 5.91 Å². The van der Waals surface area contributed by atoms with Crippen molar-refractivity contribution in [3.8, 4) is 0 Å². The number of rotatable bonds is 4. The Morgan fingerprint density at radius 1 is 1.50 bits per heavy atom. The molecule has 4 heteroatoms. The van der Waals surface area contributed by atoms with E-state index in [0.717, 1.165) is 12.8 Å². The van der Waals surface area contributed by atoms with E-state index >= 15 is 0 Å². The van der Waals surface area contributed by atoms with Crippen LogP contribution in [0.2, 0.25) is 0 Å². The summed E-state index contributed by atoms with van der Waals surface area (Å²) >= 11 is 4.81. The summed E-state index contributed by atoms with van der Waals surface area (Å²) in [6.07, 6.45) is 4.33. The number of nitrogens with one attached hydrogen (secondary N) is 2. The van der Waals surface area contributed by atoms with Crippen LogP contribution in [-0.2, 0) is 4.79 Å². The average Bonchev–Trinajstić information content (AvgIpc) is 2.31. The lowest BCUT2D eigenvalue weighted by Gasteiger charge is -2.05. The summed E-state index contributed by atoms with van der Waals surface area (Å²) in [4.78, 5) is 11.1. The van der Waals surface area contributed by atoms with E-state index in [0.29, 0.717) is 5.11 Å². The third-order valence-electron chi connectivity index (χ3n) is 1.95. The van der Waals surface area contributed by atoms with Gasteiger partial charge in [-0.3, -0.25) is 4.79 Å². The van der Waals surface area contributed by atoms with Crippen molar-refractivity contribution in [2.24, 2.45) is 0 Å². The van der Waals surface area contributed by atoms with Crippen LogP contribution in [0.25, 0.3) is 0 Å². The third kappa shape index (κ3) is 2.44. The fourth-order valence-electron chi connectivity index (χ4n) is 1.26. The van der Waals surface area contributed by atoms with Gasteiger partial charge >= 0.3 is 0 Å². The maximum atomic E-state index is 11.1. The maximum absolute atomic E-state index is 11.1. The van der Waals surface area contributed by atoms with Crippen LogP contribution >= 0.6 is 12.2 Å². The molecule has 1 amide bonds. The van der Waals surface area contributed by atoms with Crippen LogP contribution in [-0.4, -0.2) is 17.1 Å². The Labute approximate surface area is 77.9 Å². The molecule has 1 aliphatic rings. The molecule has 0 saturated carbocycles. The zero-order valence-corrected chi connectivity index (χ0v) is 8.04. The fourth-order valence-corrected chi connectivity index (χ4v) is 1.50. The van der Waals surface area contributed by atoms with Gasteiger partial charge in [-0.2, -0.15) is 0 Å². The standard InChI is InChI=1S/C8H14N2OS/c1-2-3-4-5-6-7(11)10-8(12)9-6/h6H,2-5H2,1H3,(H2,9,10,11,12). The molecule has 1 heterocycles. The van der Waals surface area contributed by atoms with Gasteiger partial charge in [0.25, 0.3) is 0 Å². The van der Waals surface area contributed by atoms with E-state index in [4.69, 9.17) is 12.2 Å². The highest BCUT2D eigenvalue weighted by Gasteiger charge is 2.25. The Balaban J connectivity index is 2.24. The molecule has 1 aliphatic heterocycles. The molecule has 0 aromatic carbocycles. The van der Waals surface area contributed by atoms with Crippen LogP contribution in [0.4, 0.5) is 0 Å². The molecule has 12 heavy (non-hydrogen) atoms. The molecule has 0 aromatic rings. The lowest BCUT2D eigenvalue weighted by molar-refractivity contribution is -0.120. The summed E-state index contributed by atoms with van der Waals surface area (Å²) in [5, 5.41) is 5.98. The van der Waals surface area contributed by atoms with E-state index in [1.807, 2.05) is 0 Å². The zero-order valence-electron chi connectivity index (χ0n) is 7.22. The largest absolute Gasteiger partial charge is 0.351 e. The fraction of sp³-hybridized carbons (Fsp3) is 0.750. The predicted octanol–water partition coefficient (Wildman–Crippen LogP) is 0.940. The second kappa shape index (κ2) is 4.40. The van der Waals surface area contributed by atoms with Crippen molar-refractivity contribution in [3.63, 3.8) is 0 Å². The van der Waals surface area contributed by atoms with Crippen LogP contribution in [0, 0.1) is 0 Å². The summed E-state index contributed by atoms with van der Waals surface area (Å²) in [5.41, 5.74) is 0. The van der Waals surface area contributed by atoms with Gasteiger partial charge in [-0.05, 0) is 18.6 Å². The summed E-state index contributed by atoms with van der Waals surface area (Å²) in [5.74, 6) is 0.0242. The van der Waals surface area contributed by atoms with Crippen molar-refractivity contribution in [1.82, 2.24) is 10.6 Å². The van der Waals surface area contributed by atoms with E-state index in [1.165, 1.54) is 12.8 Å². The van der Waals surface area contributed by atoms with Gasteiger partial charge in [-0.1, -0.05) is 26.2 Å². The first-order valence-electron chi connectivity index (χ1n) is 4.35. The van der Waals surface area contributed by atoms with Crippen LogP contribution < -0.4 is 10.6 Å². The quantitative estimate of drug-likeness (QED) is 0.507. The van der Waals surface area contributed by atoms with E-state index in [2.05, 4.69) is 17.6 Å². The molecule has 0 radical (unpaired) electrons. The highest BCUT2D eigenvalue weighted by Crippen LogP contribution is 2.06. The third-order valence-corrected chi connectivity index (χ3v) is 2.17. The van der Waals surface area contributed by atoms with Gasteiger partial charge in [-0.25, -0.2) is 0 Å². The highest BCUT2D eigenvalue weighted by molar-refractivity contribution is 7.80. The van der Waals surface area contributed by atoms with E-state index in [9.17, 15) is 4.79 Å². The van der Waals surface area contributed by atoms with Gasteiger partial charge in [0.05, 0.1) is 0 Å². The molecule has 0 spiro atoms. The first-order chi connectivity index (χ1) is 5.74. The molecule has 68 valence electrons. The molecule has 2 N–H and O–H groups in total. The predicted molar refractivity (Wildman–Crippen MR) is 51.8 cm³/mol. The average molecular weight is 186 g/mol. The number of thiocarbonyl (C=S) groups is 1. The Kier molecular flexibility index (Phi) is 3.47. The van der Waals surface area contributed by atoms with Gasteiger partial charge in [0.15, 0.2) is 5.11 Å². The lowest BCUT2D eigenvalue weighted by Crippen LogP contribution is -2.28. The Morgan fingerprint density at radius 3 is 2.75 bits per heavy atom. The number of amides is 1. The molecule has 1 fully saturated rings. The van der Waals surface area contributed by atoms with Crippen molar-refractivity contribution in [1.29, 1.82) is 0 Å². The monoisotopic (exact) mass is 186 g/mol. The number of unbranched alkanes of at least 4 members (excludes halogenated alkanes) is 2. The summed E-state index contributed by atoms with van der Waals surface area (Å²) < 4.78 is 0. The van der Waals surface area contributed by atoms with Gasteiger partial charge in [0, 0.05) is 0 Å². The summed E-state index contributed by atoms with van der Waals surface area (Å²) in [6, 6.07) is -0.0796. The van der Waals surface area contributed by atoms with Crippen molar-refractivity contribution in [2.45, 2.75) is 38.6 Å². The van der Waals surface area contributed by atoms with Gasteiger partial charge in [0.1, 0.15) is 6.04 Å². The van der Waals surface area contributed by atoms with E-state index in [1.54, 1.807) is 0 Å². The van der Waals surface area contributed by atoms with Crippen LogP contribution in [0.15, 0.2) is 0 Å². The molecule has 0 aliphatic carbocycles. The zero-order chi connectivity index (χ0) is 8.97. The van der Waals surface area contributed by atoms with Crippen molar-refractivity contribution >= 4 is 23.2 Å². The van der Waals surface area contributed by atoms with E-state index in [-0.39, 0.29) is 11.9 Å². The molecular weight excluding hydrogens is 172 g/mol. The number of carbonyl (C=O) groups excluding carboxylic acids is 1. The Hall–Kier alpha value is -0.640. The minimum Gasteiger partial charge on any atom is -0.351 e. The second-order valence-electron chi connectivity index (χ2n) is 3.01. The normalized spacial score (nSPS) is 22.2. The highest BCUT2D eigenvalue weighted by atomic mass is 32.1. The van der Waals surface area contributed by atoms with Crippen LogP contribution in [0.5, 0.6) is 0 Å². The molecule has 1 atom stereocenters. The second-order valence-corrected chi connectivity index (χ2v) is 3.42. The lowest BCUT2D eigenvalue weighted by atomic mass is 10.1. The SMILES string of the molecule is CCCCCC1NC(=S)NC1=O. The Bertz CT molecular complexity index is 193. The molecule has 1 saturated heterocycles. The number of hydrogen-bond acceptors (Lipinski definition) is 2. The van der Waals surface area contributed by atoms with Gasteiger partial charge < -0.3 is 10.6 Å². The smallest absolute Gasteiger partial charge is 0.248 e. The minimum atomic E-state index is -0.0796. The first-order valence-corrected chi connectivity index (χ1v) is 4.76. The van der Waals surface area contributed by atoms with Crippen LogP contribution in [0.3, 0.4) is 0 Å². The van der Waals surface area contributed by atoms with Crippen molar-refractivity contribution in [3.05, 3.63) is 0 Å². The molecule has 0 bridgehead atoms. The van der Waals surface area contributed by atoms with Gasteiger partial charge in [-0.15, -0.1) is 0 Å².